The van der Waals surface area contributed by atoms with Crippen LogP contribution in [0.25, 0.3) is 0 Å². The third kappa shape index (κ3) is 4.92. The van der Waals surface area contributed by atoms with Crippen LogP contribution in [0.15, 0.2) is 11.6 Å². The summed E-state index contributed by atoms with van der Waals surface area (Å²) in [6, 6.07) is 0. The van der Waals surface area contributed by atoms with Crippen LogP contribution >= 0.6 is 0 Å². The van der Waals surface area contributed by atoms with Crippen molar-refractivity contribution in [1.29, 1.82) is 0 Å². The third-order valence-corrected chi connectivity index (χ3v) is 4.46. The molecule has 2 nitrogen and oxygen atoms in total. The summed E-state index contributed by atoms with van der Waals surface area (Å²) in [5, 5.41) is 0. The molecule has 0 aromatic carbocycles. The lowest BCUT2D eigenvalue weighted by Crippen LogP contribution is -2.33. The normalized spacial score (nSPS) is 22.1. The van der Waals surface area contributed by atoms with Crippen molar-refractivity contribution in [3.63, 3.8) is 0 Å². The average Bonchev–Trinajstić information content (AvgIpc) is 2.89. The maximum Gasteiger partial charge on any atom is 0.169 e. The monoisotopic (exact) mass is 266 g/mol. The average molecular weight is 266 g/mol. The predicted molar refractivity (Wildman–Crippen MR) is 79.2 cm³/mol. The SMILES string of the molecule is CCCCCCCCC=C1CCC2(CC1)OCCO2. The first kappa shape index (κ1) is 15.1. The van der Waals surface area contributed by atoms with Crippen molar-refractivity contribution in [2.75, 3.05) is 13.2 Å². The highest BCUT2D eigenvalue weighted by Gasteiger charge is 2.38. The van der Waals surface area contributed by atoms with Gasteiger partial charge in [-0.2, -0.15) is 0 Å². The standard InChI is InChI=1S/C17H30O2/c1-2-3-4-5-6-7-8-9-16-10-12-17(13-11-16)18-14-15-19-17/h9H,2-8,10-15H2,1H3. The molecule has 0 N–H and O–H groups in total. The van der Waals surface area contributed by atoms with E-state index >= 15 is 0 Å². The summed E-state index contributed by atoms with van der Waals surface area (Å²) in [6.07, 6.45) is 16.6. The van der Waals surface area contributed by atoms with Gasteiger partial charge in [-0.05, 0) is 25.7 Å². The molecule has 1 heterocycles. The molecule has 0 radical (unpaired) electrons. The van der Waals surface area contributed by atoms with E-state index in [-0.39, 0.29) is 5.79 Å². The molecule has 2 aliphatic rings. The van der Waals surface area contributed by atoms with Crippen molar-refractivity contribution < 1.29 is 9.47 Å². The molecule has 0 unspecified atom stereocenters. The van der Waals surface area contributed by atoms with Gasteiger partial charge in [0.1, 0.15) is 0 Å². The Bertz CT molecular complexity index is 265. The van der Waals surface area contributed by atoms with Crippen molar-refractivity contribution in [3.05, 3.63) is 11.6 Å². The summed E-state index contributed by atoms with van der Waals surface area (Å²) < 4.78 is 11.5. The van der Waals surface area contributed by atoms with E-state index in [0.29, 0.717) is 0 Å². The van der Waals surface area contributed by atoms with Crippen LogP contribution in [0.1, 0.15) is 77.6 Å². The molecule has 2 heteroatoms. The van der Waals surface area contributed by atoms with Crippen LogP contribution in [0, 0.1) is 0 Å². The van der Waals surface area contributed by atoms with Gasteiger partial charge >= 0.3 is 0 Å². The minimum absolute atomic E-state index is 0.197. The fourth-order valence-electron chi connectivity index (χ4n) is 3.17. The Kier molecular flexibility index (Phi) is 6.39. The van der Waals surface area contributed by atoms with Crippen LogP contribution in [0.2, 0.25) is 0 Å². The summed E-state index contributed by atoms with van der Waals surface area (Å²) >= 11 is 0. The molecule has 0 amide bonds. The van der Waals surface area contributed by atoms with Crippen LogP contribution in [-0.2, 0) is 9.47 Å². The van der Waals surface area contributed by atoms with Gasteiger partial charge in [-0.15, -0.1) is 0 Å². The van der Waals surface area contributed by atoms with Gasteiger partial charge in [-0.25, -0.2) is 0 Å². The lowest BCUT2D eigenvalue weighted by molar-refractivity contribution is -0.171. The van der Waals surface area contributed by atoms with E-state index in [9.17, 15) is 0 Å². The van der Waals surface area contributed by atoms with Crippen molar-refractivity contribution >= 4 is 0 Å². The van der Waals surface area contributed by atoms with Crippen molar-refractivity contribution in [1.82, 2.24) is 0 Å². The first-order chi connectivity index (χ1) is 9.35. The first-order valence-corrected chi connectivity index (χ1v) is 8.30. The number of hydrogen-bond donors (Lipinski definition) is 0. The molecule has 1 spiro atoms. The highest BCUT2D eigenvalue weighted by molar-refractivity contribution is 5.07. The molecule has 0 bridgehead atoms. The van der Waals surface area contributed by atoms with Crippen LogP contribution in [0.4, 0.5) is 0 Å². The second-order valence-corrected chi connectivity index (χ2v) is 6.03. The highest BCUT2D eigenvalue weighted by atomic mass is 16.7. The minimum atomic E-state index is -0.197. The number of ether oxygens (including phenoxy) is 2. The van der Waals surface area contributed by atoms with E-state index in [1.54, 1.807) is 5.57 Å². The topological polar surface area (TPSA) is 18.5 Å². The Labute approximate surface area is 118 Å². The van der Waals surface area contributed by atoms with Gasteiger partial charge in [0.25, 0.3) is 0 Å². The molecule has 0 aromatic heterocycles. The van der Waals surface area contributed by atoms with E-state index in [2.05, 4.69) is 13.0 Å². The molecule has 1 aliphatic carbocycles. The summed E-state index contributed by atoms with van der Waals surface area (Å²) in [6.45, 7) is 3.85. The van der Waals surface area contributed by atoms with Gasteiger partial charge in [-0.3, -0.25) is 0 Å². The van der Waals surface area contributed by atoms with Gasteiger partial charge in [-0.1, -0.05) is 50.7 Å². The second-order valence-electron chi connectivity index (χ2n) is 6.03. The molecule has 2 fully saturated rings. The Morgan fingerprint density at radius 1 is 0.947 bits per heavy atom. The van der Waals surface area contributed by atoms with E-state index < -0.39 is 0 Å². The predicted octanol–water partition coefficient (Wildman–Crippen LogP) is 4.98. The number of allylic oxidation sites excluding steroid dienone is 2. The molecule has 0 aromatic rings. The zero-order valence-corrected chi connectivity index (χ0v) is 12.6. The molecular weight excluding hydrogens is 236 g/mol. The maximum absolute atomic E-state index is 5.76. The van der Waals surface area contributed by atoms with Crippen molar-refractivity contribution in [2.24, 2.45) is 0 Å². The molecule has 0 atom stereocenters. The van der Waals surface area contributed by atoms with Gasteiger partial charge < -0.3 is 9.47 Å². The molecule has 2 rings (SSSR count). The van der Waals surface area contributed by atoms with Crippen molar-refractivity contribution in [3.8, 4) is 0 Å². The lowest BCUT2D eigenvalue weighted by Gasteiger charge is -2.32. The molecule has 1 saturated heterocycles. The highest BCUT2D eigenvalue weighted by Crippen LogP contribution is 2.38. The van der Waals surface area contributed by atoms with Crippen molar-refractivity contribution in [2.45, 2.75) is 83.3 Å². The molecule has 110 valence electrons. The Morgan fingerprint density at radius 2 is 1.58 bits per heavy atom. The van der Waals surface area contributed by atoms with Crippen LogP contribution in [-0.4, -0.2) is 19.0 Å². The smallest absolute Gasteiger partial charge is 0.169 e. The van der Waals surface area contributed by atoms with Crippen LogP contribution < -0.4 is 0 Å². The quantitative estimate of drug-likeness (QED) is 0.478. The van der Waals surface area contributed by atoms with E-state index in [1.807, 2.05) is 0 Å². The largest absolute Gasteiger partial charge is 0.348 e. The summed E-state index contributed by atoms with van der Waals surface area (Å²) in [5.41, 5.74) is 1.64. The molecular formula is C17H30O2. The maximum atomic E-state index is 5.76. The fraction of sp³-hybridized carbons (Fsp3) is 0.882. The van der Waals surface area contributed by atoms with E-state index in [0.717, 1.165) is 26.1 Å². The molecule has 1 aliphatic heterocycles. The molecule has 1 saturated carbocycles. The summed E-state index contributed by atoms with van der Waals surface area (Å²) in [5.74, 6) is -0.197. The lowest BCUT2D eigenvalue weighted by atomic mass is 9.89. The molecule has 19 heavy (non-hydrogen) atoms. The number of rotatable bonds is 7. The first-order valence-electron chi connectivity index (χ1n) is 8.30. The number of unbranched alkanes of at least 4 members (excludes halogenated alkanes) is 6. The Balaban J connectivity index is 1.55. The fourth-order valence-corrected chi connectivity index (χ4v) is 3.17. The van der Waals surface area contributed by atoms with Gasteiger partial charge in [0.15, 0.2) is 5.79 Å². The zero-order chi connectivity index (χ0) is 13.4. The second kappa shape index (κ2) is 8.06. The summed E-state index contributed by atoms with van der Waals surface area (Å²) in [7, 11) is 0. The van der Waals surface area contributed by atoms with E-state index in [4.69, 9.17) is 9.47 Å². The number of hydrogen-bond acceptors (Lipinski definition) is 2. The van der Waals surface area contributed by atoms with Gasteiger partial charge in [0.2, 0.25) is 0 Å². The van der Waals surface area contributed by atoms with Gasteiger partial charge in [0.05, 0.1) is 13.2 Å². The van der Waals surface area contributed by atoms with Crippen LogP contribution in [0.5, 0.6) is 0 Å². The third-order valence-electron chi connectivity index (χ3n) is 4.46. The van der Waals surface area contributed by atoms with E-state index in [1.165, 1.54) is 57.8 Å². The Hall–Kier alpha value is -0.340. The zero-order valence-electron chi connectivity index (χ0n) is 12.6. The Morgan fingerprint density at radius 3 is 2.26 bits per heavy atom. The minimum Gasteiger partial charge on any atom is -0.348 e. The van der Waals surface area contributed by atoms with Gasteiger partial charge in [0, 0.05) is 12.8 Å². The van der Waals surface area contributed by atoms with Crippen LogP contribution in [0.3, 0.4) is 0 Å². The summed E-state index contributed by atoms with van der Waals surface area (Å²) in [4.78, 5) is 0.